The molecule has 0 bridgehead atoms. The number of rotatable bonds is 3. The molecule has 1 aromatic heterocycles. The first-order chi connectivity index (χ1) is 12.9. The molecular weight excluding hydrogens is 383 g/mol. The molecule has 0 radical (unpaired) electrons. The van der Waals surface area contributed by atoms with Crippen molar-refractivity contribution in [1.82, 2.24) is 0 Å². The fraction of sp³-hybridized carbons (Fsp3) is 0. The molecule has 26 heavy (non-hydrogen) atoms. The fourth-order valence-corrected chi connectivity index (χ4v) is 5.40. The van der Waals surface area contributed by atoms with Crippen LogP contribution in [0, 0.1) is 0 Å². The van der Waals surface area contributed by atoms with E-state index in [1.807, 2.05) is 0 Å². The van der Waals surface area contributed by atoms with Gasteiger partial charge in [0.05, 0.1) is 0 Å². The third-order valence-electron chi connectivity index (χ3n) is 4.56. The van der Waals surface area contributed by atoms with Crippen LogP contribution >= 0.6 is 0 Å². The molecule has 0 spiro atoms. The van der Waals surface area contributed by atoms with Crippen LogP contribution in [0.15, 0.2) is 101 Å². The molecule has 5 aromatic rings. The second kappa shape index (κ2) is 6.49. The summed E-state index contributed by atoms with van der Waals surface area (Å²) in [5.41, 5.74) is 3.42. The van der Waals surface area contributed by atoms with Crippen LogP contribution in [0.25, 0.3) is 32.9 Å². The van der Waals surface area contributed by atoms with E-state index in [1.54, 1.807) is 0 Å². The van der Waals surface area contributed by atoms with E-state index in [2.05, 4.69) is 97.1 Å². The van der Waals surface area contributed by atoms with Crippen LogP contribution in [0.1, 0.15) is 0 Å². The van der Waals surface area contributed by atoms with Gasteiger partial charge >= 0.3 is 158 Å². The first-order valence-corrected chi connectivity index (χ1v) is 10.3. The molecule has 2 heteroatoms. The molecule has 1 nitrogen and oxygen atoms in total. The maximum absolute atomic E-state index is 6.39. The van der Waals surface area contributed by atoms with Crippen molar-refractivity contribution in [2.45, 2.75) is 0 Å². The second-order valence-electron chi connectivity index (χ2n) is 6.21. The van der Waals surface area contributed by atoms with Gasteiger partial charge in [-0.3, -0.25) is 0 Å². The van der Waals surface area contributed by atoms with E-state index in [4.69, 9.17) is 4.42 Å². The van der Waals surface area contributed by atoms with Gasteiger partial charge in [0, 0.05) is 0 Å². The monoisotopic (exact) mass is 400 g/mol. The summed E-state index contributed by atoms with van der Waals surface area (Å²) in [6, 6.07) is 34.0. The van der Waals surface area contributed by atoms with E-state index >= 15 is 0 Å². The van der Waals surface area contributed by atoms with E-state index in [0.29, 0.717) is 0 Å². The molecule has 5 rings (SSSR count). The molecule has 4 aromatic carbocycles. The number of benzene rings is 4. The average Bonchev–Trinajstić information content (AvgIpc) is 3.08. The van der Waals surface area contributed by atoms with Gasteiger partial charge in [0.2, 0.25) is 0 Å². The van der Waals surface area contributed by atoms with Crippen molar-refractivity contribution in [2.24, 2.45) is 0 Å². The molecule has 0 N–H and O–H groups in total. The molecule has 0 saturated carbocycles. The van der Waals surface area contributed by atoms with Gasteiger partial charge in [-0.05, 0) is 0 Å². The predicted octanol–water partition coefficient (Wildman–Crippen LogP) is 4.91. The van der Waals surface area contributed by atoms with E-state index in [1.165, 1.54) is 31.7 Å². The third kappa shape index (κ3) is 2.64. The fourth-order valence-electron chi connectivity index (χ4n) is 3.38. The zero-order chi connectivity index (χ0) is 17.3. The molecule has 0 aliphatic rings. The van der Waals surface area contributed by atoms with Crippen molar-refractivity contribution in [2.75, 3.05) is 0 Å². The van der Waals surface area contributed by atoms with Crippen LogP contribution in [0.2, 0.25) is 0 Å². The summed E-state index contributed by atoms with van der Waals surface area (Å²) in [7, 11) is 0. The normalized spacial score (nSPS) is 11.2. The van der Waals surface area contributed by atoms with Crippen LogP contribution in [-0.4, -0.2) is 15.0 Å². The second-order valence-corrected chi connectivity index (χ2v) is 8.40. The third-order valence-corrected chi connectivity index (χ3v) is 6.62. The Morgan fingerprint density at radius 1 is 0.615 bits per heavy atom. The minimum atomic E-state index is 0.118. The van der Waals surface area contributed by atoms with Crippen LogP contribution < -0.4 is 9.12 Å². The van der Waals surface area contributed by atoms with Gasteiger partial charge in [0.15, 0.2) is 0 Å². The number of fused-ring (bicyclic) bond motifs is 3. The molecule has 0 atom stereocenters. The topological polar surface area (TPSA) is 13.1 Å². The van der Waals surface area contributed by atoms with Crippen molar-refractivity contribution >= 4 is 45.8 Å². The summed E-state index contributed by atoms with van der Waals surface area (Å²) >= 11 is 0.118. The molecule has 0 aliphatic heterocycles. The summed E-state index contributed by atoms with van der Waals surface area (Å²) in [6.07, 6.45) is 0. The molecule has 0 aliphatic carbocycles. The molecule has 1 heterocycles. The Kier molecular flexibility index (Phi) is 3.86. The van der Waals surface area contributed by atoms with Gasteiger partial charge in [-0.1, -0.05) is 0 Å². The molecule has 0 saturated heterocycles. The Hall–Kier alpha value is -2.80. The van der Waals surface area contributed by atoms with Crippen molar-refractivity contribution in [3.8, 4) is 11.1 Å². The van der Waals surface area contributed by atoms with Crippen LogP contribution in [0.3, 0.4) is 0 Å². The zero-order valence-electron chi connectivity index (χ0n) is 14.1. The van der Waals surface area contributed by atoms with E-state index in [0.717, 1.165) is 10.2 Å². The number of hydrogen-bond acceptors (Lipinski definition) is 1. The Balaban J connectivity index is 1.83. The summed E-state index contributed by atoms with van der Waals surface area (Å²) in [6.45, 7) is 0. The van der Waals surface area contributed by atoms with Crippen molar-refractivity contribution in [1.29, 1.82) is 0 Å². The van der Waals surface area contributed by atoms with Crippen molar-refractivity contribution < 1.29 is 4.42 Å². The van der Waals surface area contributed by atoms with Crippen molar-refractivity contribution in [3.63, 3.8) is 0 Å². The Morgan fingerprint density at radius 2 is 1.31 bits per heavy atom. The van der Waals surface area contributed by atoms with E-state index in [9.17, 15) is 0 Å². The Labute approximate surface area is 158 Å². The predicted molar refractivity (Wildman–Crippen MR) is 111 cm³/mol. The van der Waals surface area contributed by atoms with Gasteiger partial charge in [0.25, 0.3) is 0 Å². The maximum atomic E-state index is 6.39. The first-order valence-electron chi connectivity index (χ1n) is 8.63. The van der Waals surface area contributed by atoms with Crippen LogP contribution in [-0.2, 0) is 0 Å². The molecule has 124 valence electrons. The van der Waals surface area contributed by atoms with E-state index in [-0.39, 0.29) is 15.0 Å². The van der Waals surface area contributed by atoms with Gasteiger partial charge in [0.1, 0.15) is 0 Å². The number of furan rings is 1. The quantitative estimate of drug-likeness (QED) is 0.393. The molecule has 0 amide bonds. The minimum absolute atomic E-state index is 0.118. The average molecular weight is 399 g/mol. The number of hydrogen-bond donors (Lipinski definition) is 0. The van der Waals surface area contributed by atoms with Gasteiger partial charge < -0.3 is 0 Å². The van der Waals surface area contributed by atoms with Crippen LogP contribution in [0.4, 0.5) is 0 Å². The summed E-state index contributed by atoms with van der Waals surface area (Å²) in [5, 5.41) is 3.72. The summed E-state index contributed by atoms with van der Waals surface area (Å²) < 4.78 is 8.80. The SMILES string of the molecule is c1ccc([Se]c2oc3ccc4ccccc4c3c2-c2ccccc2)cc1. The molecule has 0 fully saturated rings. The Morgan fingerprint density at radius 3 is 2.12 bits per heavy atom. The van der Waals surface area contributed by atoms with Crippen molar-refractivity contribution in [3.05, 3.63) is 97.1 Å². The van der Waals surface area contributed by atoms with Crippen LogP contribution in [0.5, 0.6) is 0 Å². The Bertz CT molecular complexity index is 1190. The molecule has 0 unspecified atom stereocenters. The van der Waals surface area contributed by atoms with E-state index < -0.39 is 0 Å². The first kappa shape index (κ1) is 15.5. The summed E-state index contributed by atoms with van der Waals surface area (Å²) in [5.74, 6) is 0. The van der Waals surface area contributed by atoms with Gasteiger partial charge in [-0.25, -0.2) is 0 Å². The standard InChI is InChI=1S/C24H16OSe/c1-3-10-18(11-4-1)22-23-20-14-8-7-9-17(20)15-16-21(23)25-24(22)26-19-12-5-2-6-13-19/h1-16H. The zero-order valence-corrected chi connectivity index (χ0v) is 15.8. The van der Waals surface area contributed by atoms with Gasteiger partial charge in [-0.2, -0.15) is 0 Å². The summed E-state index contributed by atoms with van der Waals surface area (Å²) in [4.78, 5) is 0. The van der Waals surface area contributed by atoms with Gasteiger partial charge in [-0.15, -0.1) is 0 Å². The molecular formula is C24H16OSe.